The molecule has 0 saturated carbocycles. The van der Waals surface area contributed by atoms with Gasteiger partial charge < -0.3 is 20.3 Å². The summed E-state index contributed by atoms with van der Waals surface area (Å²) in [4.78, 5) is 17.2. The maximum Gasteiger partial charge on any atom is 0.410 e. The molecule has 142 valence electrons. The van der Waals surface area contributed by atoms with Gasteiger partial charge in [0, 0.05) is 19.6 Å². The van der Waals surface area contributed by atoms with Crippen molar-refractivity contribution < 1.29 is 22.7 Å². The van der Waals surface area contributed by atoms with Gasteiger partial charge in [-0.1, -0.05) is 0 Å². The maximum absolute atomic E-state index is 12.1. The molecule has 0 aliphatic carbocycles. The summed E-state index contributed by atoms with van der Waals surface area (Å²) in [6.45, 7) is 8.26. The minimum Gasteiger partial charge on any atom is -0.444 e. The monoisotopic (exact) mass is 466 g/mol. The Bertz CT molecular complexity index is 433. The number of likely N-dealkylation sites (tertiary alicyclic amines) is 1. The fraction of sp³-hybridized carbons (Fsp3) is 0.857. The zero-order valence-electron chi connectivity index (χ0n) is 14.4. The number of carbonyl (C=O) groups is 1. The lowest BCUT2D eigenvalue weighted by Gasteiger charge is -2.40. The van der Waals surface area contributed by atoms with Crippen molar-refractivity contribution in [3.05, 3.63) is 0 Å². The Labute approximate surface area is 157 Å². The first-order chi connectivity index (χ1) is 10.5. The van der Waals surface area contributed by atoms with Crippen molar-refractivity contribution in [2.45, 2.75) is 51.9 Å². The molecule has 1 rings (SSSR count). The SMILES string of the molecule is CCNC(=NCCC(F)(F)F)NC1CN(C(=O)OC(C)(C)C)C1.I. The number of hydrogen-bond donors (Lipinski definition) is 2. The summed E-state index contributed by atoms with van der Waals surface area (Å²) in [5.41, 5.74) is -0.552. The number of nitrogens with one attached hydrogen (secondary N) is 2. The molecule has 1 saturated heterocycles. The van der Waals surface area contributed by atoms with Crippen LogP contribution in [-0.4, -0.2) is 61.0 Å². The molecular formula is C14H26F3IN4O2. The zero-order valence-corrected chi connectivity index (χ0v) is 16.7. The second-order valence-corrected chi connectivity index (χ2v) is 6.35. The van der Waals surface area contributed by atoms with Crippen molar-refractivity contribution in [3.63, 3.8) is 0 Å². The molecule has 0 bridgehead atoms. The molecular weight excluding hydrogens is 440 g/mol. The summed E-state index contributed by atoms with van der Waals surface area (Å²) >= 11 is 0. The lowest BCUT2D eigenvalue weighted by Crippen LogP contribution is -2.63. The molecule has 2 N–H and O–H groups in total. The number of carbonyl (C=O) groups excluding carboxylic acids is 1. The lowest BCUT2D eigenvalue weighted by atomic mass is 10.1. The Hall–Kier alpha value is -0.940. The summed E-state index contributed by atoms with van der Waals surface area (Å²) in [5, 5.41) is 5.90. The third-order valence-corrected chi connectivity index (χ3v) is 2.88. The van der Waals surface area contributed by atoms with Crippen LogP contribution in [0.5, 0.6) is 0 Å². The fourth-order valence-electron chi connectivity index (χ4n) is 1.85. The van der Waals surface area contributed by atoms with E-state index in [1.807, 2.05) is 6.92 Å². The van der Waals surface area contributed by atoms with Crippen molar-refractivity contribution in [1.82, 2.24) is 15.5 Å². The zero-order chi connectivity index (χ0) is 17.7. The van der Waals surface area contributed by atoms with Crippen molar-refractivity contribution in [1.29, 1.82) is 0 Å². The highest BCUT2D eigenvalue weighted by Crippen LogP contribution is 2.19. The molecule has 6 nitrogen and oxygen atoms in total. The van der Waals surface area contributed by atoms with Crippen molar-refractivity contribution in [2.24, 2.45) is 4.99 Å². The third-order valence-electron chi connectivity index (χ3n) is 2.88. The van der Waals surface area contributed by atoms with E-state index in [1.54, 1.807) is 20.8 Å². The van der Waals surface area contributed by atoms with E-state index >= 15 is 0 Å². The van der Waals surface area contributed by atoms with Crippen LogP contribution in [0.3, 0.4) is 0 Å². The Morgan fingerprint density at radius 2 is 1.88 bits per heavy atom. The van der Waals surface area contributed by atoms with E-state index in [0.29, 0.717) is 25.6 Å². The molecule has 1 aliphatic heterocycles. The Morgan fingerprint density at radius 3 is 2.33 bits per heavy atom. The second-order valence-electron chi connectivity index (χ2n) is 6.35. The van der Waals surface area contributed by atoms with E-state index in [9.17, 15) is 18.0 Å². The predicted molar refractivity (Wildman–Crippen MR) is 96.8 cm³/mol. The van der Waals surface area contributed by atoms with Gasteiger partial charge in [0.25, 0.3) is 0 Å². The topological polar surface area (TPSA) is 66.0 Å². The van der Waals surface area contributed by atoms with Gasteiger partial charge in [-0.05, 0) is 27.7 Å². The van der Waals surface area contributed by atoms with Gasteiger partial charge in [-0.3, -0.25) is 4.99 Å². The number of nitrogens with zero attached hydrogens (tertiary/aromatic N) is 2. The Kier molecular flexibility index (Phi) is 9.15. The van der Waals surface area contributed by atoms with Crippen LogP contribution >= 0.6 is 24.0 Å². The minimum atomic E-state index is -4.22. The van der Waals surface area contributed by atoms with Crippen LogP contribution in [-0.2, 0) is 4.74 Å². The van der Waals surface area contributed by atoms with Gasteiger partial charge in [0.05, 0.1) is 19.0 Å². The molecule has 1 fully saturated rings. The van der Waals surface area contributed by atoms with Crippen LogP contribution in [0.1, 0.15) is 34.1 Å². The first-order valence-corrected chi connectivity index (χ1v) is 7.59. The van der Waals surface area contributed by atoms with Gasteiger partial charge in [-0.25, -0.2) is 4.79 Å². The minimum absolute atomic E-state index is 0. The number of rotatable bonds is 4. The third kappa shape index (κ3) is 9.38. The predicted octanol–water partition coefficient (Wildman–Crippen LogP) is 2.73. The maximum atomic E-state index is 12.1. The molecule has 10 heteroatoms. The number of hydrogen-bond acceptors (Lipinski definition) is 3. The quantitative estimate of drug-likeness (QED) is 0.380. The average molecular weight is 466 g/mol. The van der Waals surface area contributed by atoms with Crippen LogP contribution in [0, 0.1) is 0 Å². The smallest absolute Gasteiger partial charge is 0.410 e. The molecule has 0 aromatic carbocycles. The average Bonchev–Trinajstić information content (AvgIpc) is 2.28. The molecule has 0 spiro atoms. The van der Waals surface area contributed by atoms with Crippen molar-refractivity contribution >= 4 is 36.0 Å². The number of guanidine groups is 1. The molecule has 0 radical (unpaired) electrons. The van der Waals surface area contributed by atoms with E-state index < -0.39 is 24.3 Å². The Morgan fingerprint density at radius 1 is 1.29 bits per heavy atom. The van der Waals surface area contributed by atoms with E-state index in [0.717, 1.165) is 0 Å². The molecule has 1 aliphatic rings. The molecule has 1 heterocycles. The number of aliphatic imine (C=N–C) groups is 1. The summed E-state index contributed by atoms with van der Waals surface area (Å²) < 4.78 is 41.7. The molecule has 24 heavy (non-hydrogen) atoms. The molecule has 0 unspecified atom stereocenters. The molecule has 1 amide bonds. The van der Waals surface area contributed by atoms with E-state index in [2.05, 4.69) is 15.6 Å². The first kappa shape index (κ1) is 23.1. The summed E-state index contributed by atoms with van der Waals surface area (Å²) in [6, 6.07) is -0.0498. The molecule has 0 atom stereocenters. The van der Waals surface area contributed by atoms with Crippen LogP contribution in [0.25, 0.3) is 0 Å². The highest BCUT2D eigenvalue weighted by atomic mass is 127. The van der Waals surface area contributed by atoms with E-state index in [-0.39, 0.29) is 36.6 Å². The molecule has 0 aromatic rings. The number of amides is 1. The standard InChI is InChI=1S/C14H25F3N4O2.HI/c1-5-18-11(19-7-6-14(15,16)17)20-10-8-21(9-10)12(22)23-13(2,3)4;/h10H,5-9H2,1-4H3,(H2,18,19,20);1H. The number of alkyl halides is 3. The highest BCUT2D eigenvalue weighted by Gasteiger charge is 2.34. The summed E-state index contributed by atoms with van der Waals surface area (Å²) in [7, 11) is 0. The van der Waals surface area contributed by atoms with Gasteiger partial charge in [0.15, 0.2) is 5.96 Å². The number of halogens is 4. The largest absolute Gasteiger partial charge is 0.444 e. The van der Waals surface area contributed by atoms with Gasteiger partial charge in [0.2, 0.25) is 0 Å². The fourth-order valence-corrected chi connectivity index (χ4v) is 1.85. The normalized spacial score (nSPS) is 16.1. The lowest BCUT2D eigenvalue weighted by molar-refractivity contribution is -0.132. The summed E-state index contributed by atoms with van der Waals surface area (Å²) in [6.07, 6.45) is -5.57. The van der Waals surface area contributed by atoms with Crippen LogP contribution in [0.4, 0.5) is 18.0 Å². The van der Waals surface area contributed by atoms with Gasteiger partial charge >= 0.3 is 12.3 Å². The van der Waals surface area contributed by atoms with Crippen molar-refractivity contribution in [3.8, 4) is 0 Å². The van der Waals surface area contributed by atoms with Gasteiger partial charge in [-0.15, -0.1) is 24.0 Å². The van der Waals surface area contributed by atoms with Crippen LogP contribution in [0.15, 0.2) is 4.99 Å². The second kappa shape index (κ2) is 9.52. The van der Waals surface area contributed by atoms with E-state index in [1.165, 1.54) is 4.90 Å². The van der Waals surface area contributed by atoms with Crippen molar-refractivity contribution in [2.75, 3.05) is 26.2 Å². The van der Waals surface area contributed by atoms with E-state index in [4.69, 9.17) is 4.74 Å². The summed E-state index contributed by atoms with van der Waals surface area (Å²) in [5.74, 6) is 0.325. The van der Waals surface area contributed by atoms with Crippen LogP contribution < -0.4 is 10.6 Å². The van der Waals surface area contributed by atoms with Gasteiger partial charge in [0.1, 0.15) is 5.60 Å². The van der Waals surface area contributed by atoms with Crippen LogP contribution in [0.2, 0.25) is 0 Å². The highest BCUT2D eigenvalue weighted by molar-refractivity contribution is 14.0. The Balaban J connectivity index is 0.00000529. The molecule has 0 aromatic heterocycles. The number of ether oxygens (including phenoxy) is 1. The first-order valence-electron chi connectivity index (χ1n) is 7.59. The van der Waals surface area contributed by atoms with Gasteiger partial charge in [-0.2, -0.15) is 13.2 Å².